The molecule has 7 heteroatoms. The average Bonchev–Trinajstić information content (AvgIpc) is 2.79. The lowest BCUT2D eigenvalue weighted by atomic mass is 10.3. The summed E-state index contributed by atoms with van der Waals surface area (Å²) in [6.45, 7) is 1.25. The number of para-hydroxylation sites is 1. The number of hydrogen-bond acceptors (Lipinski definition) is 4. The Hall–Kier alpha value is -2.83. The number of nitrogens with zero attached hydrogens (tertiary/aromatic N) is 2. The van der Waals surface area contributed by atoms with Crippen molar-refractivity contribution in [2.75, 3.05) is 0 Å². The van der Waals surface area contributed by atoms with Gasteiger partial charge in [0.05, 0.1) is 11.9 Å². The minimum Gasteiger partial charge on any atom is -0.504 e. The second-order valence-electron chi connectivity index (χ2n) is 3.78. The van der Waals surface area contributed by atoms with Crippen LogP contribution in [0.2, 0.25) is 0 Å². The molecule has 0 unspecified atom stereocenters. The van der Waals surface area contributed by atoms with E-state index in [1.165, 1.54) is 17.8 Å². The van der Waals surface area contributed by atoms with Crippen molar-refractivity contribution in [1.82, 2.24) is 20.6 Å². The fraction of sp³-hybridized carbons (Fsp3) is 0.0833. The third-order valence-corrected chi connectivity index (χ3v) is 2.28. The van der Waals surface area contributed by atoms with Gasteiger partial charge in [0.25, 0.3) is 5.91 Å². The molecule has 3 N–H and O–H groups in total. The third kappa shape index (κ3) is 2.89. The van der Waals surface area contributed by atoms with Crippen molar-refractivity contribution >= 4 is 11.8 Å². The first-order valence-electron chi connectivity index (χ1n) is 5.49. The summed E-state index contributed by atoms with van der Waals surface area (Å²) in [6.07, 6.45) is 1.32. The number of aromatic hydroxyl groups is 1. The Labute approximate surface area is 108 Å². The molecule has 98 valence electrons. The summed E-state index contributed by atoms with van der Waals surface area (Å²) in [5.74, 6) is -1.38. The average molecular weight is 260 g/mol. The minimum atomic E-state index is -0.692. The Morgan fingerprint density at radius 1 is 1.21 bits per heavy atom. The second kappa shape index (κ2) is 5.21. The number of aromatic nitrogens is 2. The van der Waals surface area contributed by atoms with Gasteiger partial charge >= 0.3 is 0 Å². The van der Waals surface area contributed by atoms with Gasteiger partial charge in [-0.2, -0.15) is 5.10 Å². The molecule has 0 aliphatic carbocycles. The number of hydrogen-bond donors (Lipinski definition) is 3. The van der Waals surface area contributed by atoms with Gasteiger partial charge in [-0.05, 0) is 12.1 Å². The maximum atomic E-state index is 11.7. The highest BCUT2D eigenvalue weighted by Gasteiger charge is 2.16. The second-order valence-corrected chi connectivity index (χ2v) is 3.78. The SMILES string of the molecule is CC(=O)NNC(=O)c1nn(-c2ccccc2)cc1O. The molecule has 0 radical (unpaired) electrons. The Kier molecular flexibility index (Phi) is 3.46. The summed E-state index contributed by atoms with van der Waals surface area (Å²) in [6, 6.07) is 9.03. The predicted octanol–water partition coefficient (Wildman–Crippen LogP) is 0.359. The van der Waals surface area contributed by atoms with E-state index in [1.54, 1.807) is 12.1 Å². The molecule has 7 nitrogen and oxygen atoms in total. The molecule has 1 aromatic carbocycles. The molecule has 0 saturated carbocycles. The highest BCUT2D eigenvalue weighted by molar-refractivity contribution is 5.95. The summed E-state index contributed by atoms with van der Waals surface area (Å²) < 4.78 is 1.37. The zero-order chi connectivity index (χ0) is 13.8. The topological polar surface area (TPSA) is 96.3 Å². The summed E-state index contributed by atoms with van der Waals surface area (Å²) in [7, 11) is 0. The lowest BCUT2D eigenvalue weighted by molar-refractivity contribution is -0.119. The fourth-order valence-electron chi connectivity index (χ4n) is 1.44. The Balaban J connectivity index is 2.22. The van der Waals surface area contributed by atoms with E-state index < -0.39 is 11.8 Å². The summed E-state index contributed by atoms with van der Waals surface area (Å²) in [5, 5.41) is 13.6. The predicted molar refractivity (Wildman–Crippen MR) is 66.5 cm³/mol. The van der Waals surface area contributed by atoms with E-state index in [0.717, 1.165) is 0 Å². The molecule has 2 rings (SSSR count). The number of nitrogens with one attached hydrogen (secondary N) is 2. The molecule has 2 aromatic rings. The molecule has 19 heavy (non-hydrogen) atoms. The van der Waals surface area contributed by atoms with Gasteiger partial charge in [0.15, 0.2) is 11.4 Å². The Morgan fingerprint density at radius 3 is 2.53 bits per heavy atom. The zero-order valence-electron chi connectivity index (χ0n) is 10.1. The zero-order valence-corrected chi connectivity index (χ0v) is 10.1. The van der Waals surface area contributed by atoms with Gasteiger partial charge in [-0.1, -0.05) is 18.2 Å². The first-order valence-corrected chi connectivity index (χ1v) is 5.49. The molecule has 0 aliphatic rings. The molecule has 2 amide bonds. The van der Waals surface area contributed by atoms with Crippen molar-refractivity contribution in [3.8, 4) is 11.4 Å². The van der Waals surface area contributed by atoms with E-state index in [2.05, 4.69) is 16.0 Å². The maximum absolute atomic E-state index is 11.7. The van der Waals surface area contributed by atoms with E-state index in [1.807, 2.05) is 18.2 Å². The number of carbonyl (C=O) groups excluding carboxylic acids is 2. The standard InChI is InChI=1S/C12H12N4O3/c1-8(17)13-14-12(19)11-10(18)7-16(15-11)9-5-3-2-4-6-9/h2-7,18H,1H3,(H,13,17)(H,14,19). The molecular formula is C12H12N4O3. The highest BCUT2D eigenvalue weighted by atomic mass is 16.3. The smallest absolute Gasteiger partial charge is 0.294 e. The van der Waals surface area contributed by atoms with Crippen LogP contribution in [0, 0.1) is 0 Å². The van der Waals surface area contributed by atoms with E-state index >= 15 is 0 Å². The van der Waals surface area contributed by atoms with Gasteiger partial charge in [-0.25, -0.2) is 4.68 Å². The van der Waals surface area contributed by atoms with Crippen LogP contribution in [0.25, 0.3) is 5.69 Å². The maximum Gasteiger partial charge on any atom is 0.294 e. The molecule has 0 aliphatic heterocycles. The van der Waals surface area contributed by atoms with Gasteiger partial charge in [-0.15, -0.1) is 0 Å². The van der Waals surface area contributed by atoms with Crippen molar-refractivity contribution in [3.05, 3.63) is 42.2 Å². The monoisotopic (exact) mass is 260 g/mol. The number of rotatable bonds is 2. The lowest BCUT2D eigenvalue weighted by Crippen LogP contribution is -2.40. The Morgan fingerprint density at radius 2 is 1.89 bits per heavy atom. The van der Waals surface area contributed by atoms with E-state index in [9.17, 15) is 14.7 Å². The van der Waals surface area contributed by atoms with Gasteiger partial charge in [0, 0.05) is 6.92 Å². The molecule has 0 spiro atoms. The number of amides is 2. The number of hydrazine groups is 1. The van der Waals surface area contributed by atoms with Crippen molar-refractivity contribution in [3.63, 3.8) is 0 Å². The number of carbonyl (C=O) groups is 2. The molecule has 0 bridgehead atoms. The van der Waals surface area contributed by atoms with Crippen molar-refractivity contribution in [1.29, 1.82) is 0 Å². The molecule has 0 fully saturated rings. The van der Waals surface area contributed by atoms with Gasteiger partial charge in [0.2, 0.25) is 5.91 Å². The molecule has 0 saturated heterocycles. The van der Waals surface area contributed by atoms with Gasteiger partial charge in [0.1, 0.15) is 0 Å². The van der Waals surface area contributed by atoms with Crippen molar-refractivity contribution in [2.24, 2.45) is 0 Å². The van der Waals surface area contributed by atoms with Crippen LogP contribution in [-0.4, -0.2) is 26.7 Å². The quantitative estimate of drug-likeness (QED) is 0.679. The van der Waals surface area contributed by atoms with Crippen LogP contribution in [0.3, 0.4) is 0 Å². The fourth-order valence-corrected chi connectivity index (χ4v) is 1.44. The van der Waals surface area contributed by atoms with Crippen LogP contribution in [-0.2, 0) is 4.79 Å². The molecule has 1 heterocycles. The number of benzene rings is 1. The van der Waals surface area contributed by atoms with Crippen LogP contribution >= 0.6 is 0 Å². The minimum absolute atomic E-state index is 0.169. The van der Waals surface area contributed by atoms with E-state index in [4.69, 9.17) is 0 Å². The third-order valence-electron chi connectivity index (χ3n) is 2.28. The largest absolute Gasteiger partial charge is 0.504 e. The first-order chi connectivity index (χ1) is 9.08. The van der Waals surface area contributed by atoms with Gasteiger partial charge < -0.3 is 5.11 Å². The van der Waals surface area contributed by atoms with Crippen LogP contribution in [0.1, 0.15) is 17.4 Å². The van der Waals surface area contributed by atoms with E-state index in [0.29, 0.717) is 5.69 Å². The molecular weight excluding hydrogens is 248 g/mol. The summed E-state index contributed by atoms with van der Waals surface area (Å²) >= 11 is 0. The molecule has 0 atom stereocenters. The first kappa shape index (κ1) is 12.6. The lowest BCUT2D eigenvalue weighted by Gasteiger charge is -2.02. The van der Waals surface area contributed by atoms with Crippen molar-refractivity contribution in [2.45, 2.75) is 6.92 Å². The van der Waals surface area contributed by atoms with Crippen molar-refractivity contribution < 1.29 is 14.7 Å². The molecule has 1 aromatic heterocycles. The van der Waals surface area contributed by atoms with Crippen LogP contribution in [0.5, 0.6) is 5.75 Å². The van der Waals surface area contributed by atoms with Crippen LogP contribution in [0.4, 0.5) is 0 Å². The highest BCUT2D eigenvalue weighted by Crippen LogP contribution is 2.17. The van der Waals surface area contributed by atoms with E-state index in [-0.39, 0.29) is 11.4 Å². The summed E-state index contributed by atoms with van der Waals surface area (Å²) in [4.78, 5) is 22.3. The van der Waals surface area contributed by atoms with Gasteiger partial charge in [-0.3, -0.25) is 20.4 Å². The Bertz CT molecular complexity index is 607. The van der Waals surface area contributed by atoms with Crippen LogP contribution < -0.4 is 10.9 Å². The normalized spacial score (nSPS) is 9.95. The summed E-state index contributed by atoms with van der Waals surface area (Å²) in [5.41, 5.74) is 4.79. The van der Waals surface area contributed by atoms with Crippen LogP contribution in [0.15, 0.2) is 36.5 Å².